The summed E-state index contributed by atoms with van der Waals surface area (Å²) in [7, 11) is 0. The van der Waals surface area contributed by atoms with E-state index in [1.807, 2.05) is 0 Å². The van der Waals surface area contributed by atoms with Gasteiger partial charge in [-0.05, 0) is 36.4 Å². The SMILES string of the molecule is NC(=O)OCc1nc(Cn2nc(-c3ccc(Cl)cc3)n(C[C@H](OC(N)=O)C(F)(F)F)c2=O)nn1-c1ccccc1Cl. The monoisotopic (exact) mass is 614 g/mol. The minimum atomic E-state index is -5.06. The zero-order valence-electron chi connectivity index (χ0n) is 20.6. The predicted molar refractivity (Wildman–Crippen MR) is 137 cm³/mol. The van der Waals surface area contributed by atoms with Crippen LogP contribution in [0.5, 0.6) is 0 Å². The van der Waals surface area contributed by atoms with E-state index in [1.54, 1.807) is 24.3 Å². The average molecular weight is 615 g/mol. The summed E-state index contributed by atoms with van der Waals surface area (Å²) in [5.74, 6) is -0.163. The summed E-state index contributed by atoms with van der Waals surface area (Å²) >= 11 is 12.2. The molecule has 4 N–H and O–H groups in total. The molecule has 0 aliphatic heterocycles. The fraction of sp³-hybridized carbons (Fsp3) is 0.217. The van der Waals surface area contributed by atoms with Crippen molar-refractivity contribution in [1.82, 2.24) is 29.1 Å². The molecule has 1 atom stereocenters. The van der Waals surface area contributed by atoms with E-state index >= 15 is 0 Å². The van der Waals surface area contributed by atoms with Crippen molar-refractivity contribution in [2.75, 3.05) is 0 Å². The maximum Gasteiger partial charge on any atom is 0.427 e. The van der Waals surface area contributed by atoms with Crippen LogP contribution in [0, 0.1) is 0 Å². The summed E-state index contributed by atoms with van der Waals surface area (Å²) < 4.78 is 52.7. The Labute approximate surface area is 238 Å². The molecule has 0 bridgehead atoms. The number of hydrogen-bond acceptors (Lipinski definition) is 8. The highest BCUT2D eigenvalue weighted by Crippen LogP contribution is 2.27. The van der Waals surface area contributed by atoms with Crippen molar-refractivity contribution in [2.45, 2.75) is 32.0 Å². The van der Waals surface area contributed by atoms with Gasteiger partial charge in [0.2, 0.25) is 6.10 Å². The van der Waals surface area contributed by atoms with Crippen molar-refractivity contribution in [2.24, 2.45) is 11.5 Å². The molecule has 0 saturated carbocycles. The number of hydrogen-bond donors (Lipinski definition) is 2. The molecule has 0 radical (unpaired) electrons. The summed E-state index contributed by atoms with van der Waals surface area (Å²) in [6.45, 7) is -1.99. The number of carbonyl (C=O) groups is 2. The van der Waals surface area contributed by atoms with Gasteiger partial charge in [0, 0.05) is 10.6 Å². The average Bonchev–Trinajstić information content (AvgIpc) is 3.43. The first kappa shape index (κ1) is 29.4. The van der Waals surface area contributed by atoms with Crippen LogP contribution in [0.2, 0.25) is 10.0 Å². The van der Waals surface area contributed by atoms with E-state index in [9.17, 15) is 27.6 Å². The second kappa shape index (κ2) is 11.9. The lowest BCUT2D eigenvalue weighted by Crippen LogP contribution is -2.41. The maximum atomic E-state index is 13.6. The molecule has 2 amide bonds. The van der Waals surface area contributed by atoms with Crippen LogP contribution in [0.25, 0.3) is 17.1 Å². The quantitative estimate of drug-likeness (QED) is 0.288. The minimum absolute atomic E-state index is 0.0387. The number of aromatic nitrogens is 6. The second-order valence-corrected chi connectivity index (χ2v) is 9.11. The fourth-order valence-electron chi connectivity index (χ4n) is 3.67. The Kier molecular flexibility index (Phi) is 8.53. The Morgan fingerprint density at radius 3 is 2.29 bits per heavy atom. The molecular weight excluding hydrogens is 596 g/mol. The van der Waals surface area contributed by atoms with E-state index in [-0.39, 0.29) is 28.1 Å². The third-order valence-corrected chi connectivity index (χ3v) is 6.00. The Morgan fingerprint density at radius 1 is 1.00 bits per heavy atom. The van der Waals surface area contributed by atoms with Crippen LogP contribution < -0.4 is 17.2 Å². The number of amides is 2. The van der Waals surface area contributed by atoms with Crippen molar-refractivity contribution in [3.8, 4) is 17.1 Å². The van der Waals surface area contributed by atoms with E-state index in [2.05, 4.69) is 19.9 Å². The smallest absolute Gasteiger partial charge is 0.427 e. The van der Waals surface area contributed by atoms with Crippen LogP contribution in [0.3, 0.4) is 0 Å². The van der Waals surface area contributed by atoms with Gasteiger partial charge in [-0.1, -0.05) is 35.3 Å². The minimum Gasteiger partial charge on any atom is -0.441 e. The Bertz CT molecular complexity index is 1640. The molecule has 4 aromatic rings. The van der Waals surface area contributed by atoms with Gasteiger partial charge in [0.15, 0.2) is 24.1 Å². The van der Waals surface area contributed by atoms with Crippen molar-refractivity contribution in [3.63, 3.8) is 0 Å². The van der Waals surface area contributed by atoms with E-state index in [0.717, 1.165) is 4.68 Å². The molecule has 0 spiro atoms. The van der Waals surface area contributed by atoms with Gasteiger partial charge in [-0.15, -0.1) is 10.2 Å². The first-order valence-electron chi connectivity index (χ1n) is 11.4. The number of carbonyl (C=O) groups excluding carboxylic acids is 2. The number of ether oxygens (including phenoxy) is 2. The molecule has 0 aliphatic carbocycles. The Balaban J connectivity index is 1.78. The summed E-state index contributed by atoms with van der Waals surface area (Å²) in [6.07, 6.45) is -10.6. The van der Waals surface area contributed by atoms with Crippen molar-refractivity contribution < 1.29 is 32.2 Å². The van der Waals surface area contributed by atoms with E-state index < -0.39 is 49.9 Å². The van der Waals surface area contributed by atoms with Crippen molar-refractivity contribution >= 4 is 35.4 Å². The third kappa shape index (κ3) is 6.96. The lowest BCUT2D eigenvalue weighted by Gasteiger charge is -2.20. The summed E-state index contributed by atoms with van der Waals surface area (Å²) in [5, 5.41) is 9.10. The van der Waals surface area contributed by atoms with Gasteiger partial charge in [0.25, 0.3) is 0 Å². The summed E-state index contributed by atoms with van der Waals surface area (Å²) in [5.41, 5.74) is 9.46. The van der Waals surface area contributed by atoms with Crippen LogP contribution in [-0.2, 0) is 29.2 Å². The van der Waals surface area contributed by atoms with Crippen LogP contribution >= 0.6 is 23.2 Å². The molecule has 2 heterocycles. The van der Waals surface area contributed by atoms with Gasteiger partial charge in [0.1, 0.15) is 6.54 Å². The normalized spacial score (nSPS) is 12.2. The van der Waals surface area contributed by atoms with Crippen LogP contribution in [0.15, 0.2) is 53.3 Å². The molecule has 2 aromatic carbocycles. The van der Waals surface area contributed by atoms with Gasteiger partial charge >= 0.3 is 24.1 Å². The number of nitrogens with zero attached hydrogens (tertiary/aromatic N) is 6. The third-order valence-electron chi connectivity index (χ3n) is 5.43. The Morgan fingerprint density at radius 2 is 1.68 bits per heavy atom. The second-order valence-electron chi connectivity index (χ2n) is 8.26. The number of nitrogens with two attached hydrogens (primary N) is 2. The van der Waals surface area contributed by atoms with Crippen LogP contribution in [0.4, 0.5) is 22.8 Å². The fourth-order valence-corrected chi connectivity index (χ4v) is 4.01. The molecule has 2 aromatic heterocycles. The molecule has 13 nitrogen and oxygen atoms in total. The lowest BCUT2D eigenvalue weighted by atomic mass is 10.2. The number of benzene rings is 2. The highest BCUT2D eigenvalue weighted by atomic mass is 35.5. The maximum absolute atomic E-state index is 13.6. The number of para-hydroxylation sites is 1. The number of rotatable bonds is 9. The number of halogens is 5. The van der Waals surface area contributed by atoms with Crippen LogP contribution in [-0.4, -0.2) is 53.6 Å². The molecule has 4 rings (SSSR count). The van der Waals surface area contributed by atoms with Gasteiger partial charge < -0.3 is 20.9 Å². The van der Waals surface area contributed by atoms with E-state index in [1.165, 1.54) is 28.9 Å². The summed E-state index contributed by atoms with van der Waals surface area (Å²) in [4.78, 5) is 39.9. The van der Waals surface area contributed by atoms with Gasteiger partial charge in [-0.3, -0.25) is 4.57 Å². The number of primary amides is 2. The molecule has 0 saturated heterocycles. The van der Waals surface area contributed by atoms with Crippen LogP contribution in [0.1, 0.15) is 11.6 Å². The zero-order chi connectivity index (χ0) is 29.9. The van der Waals surface area contributed by atoms with Gasteiger partial charge in [0.05, 0.1) is 17.3 Å². The highest BCUT2D eigenvalue weighted by Gasteiger charge is 2.44. The van der Waals surface area contributed by atoms with Gasteiger partial charge in [-0.2, -0.15) is 13.2 Å². The standard InChI is InChI=1S/C23H19Cl2F3N8O5/c24-13-7-5-12(6-8-13)19-33-35(22(39)34(19)9-16(23(26,27)28)41-21(30)38)10-17-31-18(11-40-20(29)37)36(32-17)15-4-2-1-3-14(15)25/h1-8,16H,9-11H2,(H2,29,37)(H2,30,38)/t16-/m0/s1. The zero-order valence-corrected chi connectivity index (χ0v) is 22.1. The lowest BCUT2D eigenvalue weighted by molar-refractivity contribution is -0.206. The van der Waals surface area contributed by atoms with Gasteiger partial charge in [-0.25, -0.2) is 28.7 Å². The van der Waals surface area contributed by atoms with E-state index in [0.29, 0.717) is 15.3 Å². The topological polar surface area (TPSA) is 175 Å². The predicted octanol–water partition coefficient (Wildman–Crippen LogP) is 3.27. The van der Waals surface area contributed by atoms with Crippen molar-refractivity contribution in [1.29, 1.82) is 0 Å². The molecule has 41 heavy (non-hydrogen) atoms. The molecular formula is C23H19Cl2F3N8O5. The van der Waals surface area contributed by atoms with Crippen molar-refractivity contribution in [3.05, 3.63) is 80.7 Å². The highest BCUT2D eigenvalue weighted by molar-refractivity contribution is 6.32. The van der Waals surface area contributed by atoms with E-state index in [4.69, 9.17) is 39.4 Å². The number of alkyl halides is 3. The Hall–Kier alpha value is -4.57. The molecule has 0 aliphatic rings. The molecule has 0 fully saturated rings. The first-order chi connectivity index (χ1) is 19.3. The largest absolute Gasteiger partial charge is 0.441 e. The summed E-state index contributed by atoms with van der Waals surface area (Å²) in [6, 6.07) is 12.3. The molecule has 18 heteroatoms. The first-order valence-corrected chi connectivity index (χ1v) is 12.2. The molecule has 216 valence electrons. The molecule has 0 unspecified atom stereocenters.